The predicted molar refractivity (Wildman–Crippen MR) is 165 cm³/mol. The molecule has 1 saturated carbocycles. The summed E-state index contributed by atoms with van der Waals surface area (Å²) in [5.41, 5.74) is 0.823. The number of ether oxygens (including phenoxy) is 1. The number of carbonyl (C=O) groups is 2. The second-order valence-corrected chi connectivity index (χ2v) is 12.8. The third kappa shape index (κ3) is 7.38. The molecule has 1 N–H and O–H groups in total. The fraction of sp³-hybridized carbons (Fsp3) is 0.355. The SMILES string of the molecule is CCC(C(=O)NC1CCCC1)N(Cc1ccc(OC)cc1)C(=O)CN(c1cccc(Cl)c1Cl)S(=O)(=O)c1ccccc1. The number of anilines is 1. The lowest BCUT2D eigenvalue weighted by Gasteiger charge is -2.34. The van der Waals surface area contributed by atoms with Crippen LogP contribution in [0.4, 0.5) is 5.69 Å². The summed E-state index contributed by atoms with van der Waals surface area (Å²) < 4.78 is 34.1. The molecule has 8 nitrogen and oxygen atoms in total. The molecule has 0 radical (unpaired) electrons. The number of nitrogens with one attached hydrogen (secondary N) is 1. The van der Waals surface area contributed by atoms with Gasteiger partial charge in [-0.3, -0.25) is 13.9 Å². The van der Waals surface area contributed by atoms with E-state index in [-0.39, 0.29) is 39.1 Å². The second kappa shape index (κ2) is 14.3. The molecule has 0 bridgehead atoms. The monoisotopic (exact) mass is 631 g/mol. The Balaban J connectivity index is 1.73. The Kier molecular flexibility index (Phi) is 10.8. The molecule has 0 saturated heterocycles. The van der Waals surface area contributed by atoms with E-state index in [1.165, 1.54) is 23.1 Å². The maximum atomic E-state index is 14.2. The molecule has 0 spiro atoms. The van der Waals surface area contributed by atoms with Gasteiger partial charge in [-0.15, -0.1) is 0 Å². The first-order valence-electron chi connectivity index (χ1n) is 13.9. The van der Waals surface area contributed by atoms with Crippen molar-refractivity contribution in [3.8, 4) is 5.75 Å². The molecule has 3 aromatic rings. The topological polar surface area (TPSA) is 96.0 Å². The Morgan fingerprint density at radius 1 is 0.976 bits per heavy atom. The van der Waals surface area contributed by atoms with Gasteiger partial charge in [-0.2, -0.15) is 0 Å². The summed E-state index contributed by atoms with van der Waals surface area (Å²) >= 11 is 12.8. The molecule has 0 heterocycles. The zero-order valence-electron chi connectivity index (χ0n) is 23.6. The van der Waals surface area contributed by atoms with E-state index in [0.29, 0.717) is 12.2 Å². The largest absolute Gasteiger partial charge is 0.497 e. The highest BCUT2D eigenvalue weighted by molar-refractivity contribution is 7.92. The lowest BCUT2D eigenvalue weighted by atomic mass is 10.1. The summed E-state index contributed by atoms with van der Waals surface area (Å²) in [6.45, 7) is 1.32. The first-order valence-corrected chi connectivity index (χ1v) is 16.1. The van der Waals surface area contributed by atoms with E-state index < -0.39 is 28.5 Å². The molecule has 1 aliphatic carbocycles. The summed E-state index contributed by atoms with van der Waals surface area (Å²) in [4.78, 5) is 29.2. The van der Waals surface area contributed by atoms with E-state index in [0.717, 1.165) is 35.6 Å². The van der Waals surface area contributed by atoms with E-state index in [4.69, 9.17) is 27.9 Å². The van der Waals surface area contributed by atoms with Crippen molar-refractivity contribution in [1.29, 1.82) is 0 Å². The first kappa shape index (κ1) is 31.7. The van der Waals surface area contributed by atoms with Gasteiger partial charge in [-0.25, -0.2) is 8.42 Å². The Hall–Kier alpha value is -3.27. The molecule has 0 aromatic heterocycles. The fourth-order valence-corrected chi connectivity index (χ4v) is 7.03. The lowest BCUT2D eigenvalue weighted by Crippen LogP contribution is -2.53. The average Bonchev–Trinajstić information content (AvgIpc) is 3.51. The standard InChI is InChI=1S/C31H35Cl2N3O5S/c1-3-27(31(38)34-23-10-7-8-11-23)35(20-22-16-18-24(41-2)19-17-22)29(37)21-36(28-15-9-14-26(32)30(28)33)42(39,40)25-12-5-4-6-13-25/h4-6,9,12-19,23,27H,3,7-8,10-11,20-21H2,1-2H3,(H,34,38). The Bertz CT molecular complexity index is 1480. The third-order valence-electron chi connectivity index (χ3n) is 7.41. The van der Waals surface area contributed by atoms with Gasteiger partial charge < -0.3 is 15.0 Å². The van der Waals surface area contributed by atoms with Crippen LogP contribution < -0.4 is 14.4 Å². The molecule has 0 aliphatic heterocycles. The molecular formula is C31H35Cl2N3O5S. The normalized spacial score (nSPS) is 14.3. The predicted octanol–water partition coefficient (Wildman–Crippen LogP) is 6.06. The van der Waals surface area contributed by atoms with Crippen molar-refractivity contribution in [2.24, 2.45) is 0 Å². The summed E-state index contributed by atoms with van der Waals surface area (Å²) in [6, 6.07) is 18.8. The minimum absolute atomic E-state index is 0.000745. The van der Waals surface area contributed by atoms with Crippen molar-refractivity contribution < 1.29 is 22.7 Å². The number of nitrogens with zero attached hydrogens (tertiary/aromatic N) is 2. The number of sulfonamides is 1. The number of carbonyl (C=O) groups excluding carboxylic acids is 2. The van der Waals surface area contributed by atoms with Gasteiger partial charge in [0, 0.05) is 12.6 Å². The van der Waals surface area contributed by atoms with Crippen LogP contribution in [-0.4, -0.2) is 50.9 Å². The summed E-state index contributed by atoms with van der Waals surface area (Å²) in [6.07, 6.45) is 4.21. The van der Waals surface area contributed by atoms with E-state index >= 15 is 0 Å². The second-order valence-electron chi connectivity index (χ2n) is 10.2. The van der Waals surface area contributed by atoms with Crippen molar-refractivity contribution in [3.63, 3.8) is 0 Å². The van der Waals surface area contributed by atoms with Crippen LogP contribution in [0.15, 0.2) is 77.7 Å². The molecular weight excluding hydrogens is 597 g/mol. The molecule has 1 aliphatic rings. The van der Waals surface area contributed by atoms with Gasteiger partial charge >= 0.3 is 0 Å². The van der Waals surface area contributed by atoms with Crippen LogP contribution in [0.2, 0.25) is 10.0 Å². The zero-order valence-corrected chi connectivity index (χ0v) is 26.0. The third-order valence-corrected chi connectivity index (χ3v) is 9.99. The highest BCUT2D eigenvalue weighted by Gasteiger charge is 2.35. The minimum Gasteiger partial charge on any atom is -0.497 e. The highest BCUT2D eigenvalue weighted by atomic mass is 35.5. The van der Waals surface area contributed by atoms with E-state index in [1.54, 1.807) is 49.6 Å². The molecule has 2 amide bonds. The molecule has 1 fully saturated rings. The van der Waals surface area contributed by atoms with Crippen molar-refractivity contribution in [1.82, 2.24) is 10.2 Å². The summed E-state index contributed by atoms with van der Waals surface area (Å²) in [7, 11) is -2.69. The first-order chi connectivity index (χ1) is 20.1. The van der Waals surface area contributed by atoms with Gasteiger partial charge in [0.15, 0.2) is 0 Å². The summed E-state index contributed by atoms with van der Waals surface area (Å²) in [5.74, 6) is -0.169. The van der Waals surface area contributed by atoms with Gasteiger partial charge in [-0.05, 0) is 61.2 Å². The van der Waals surface area contributed by atoms with Crippen LogP contribution >= 0.6 is 23.2 Å². The smallest absolute Gasteiger partial charge is 0.264 e. The van der Waals surface area contributed by atoms with Crippen LogP contribution in [-0.2, 0) is 26.2 Å². The van der Waals surface area contributed by atoms with Crippen LogP contribution in [0, 0.1) is 0 Å². The molecule has 1 atom stereocenters. The molecule has 11 heteroatoms. The highest BCUT2D eigenvalue weighted by Crippen LogP contribution is 2.35. The van der Waals surface area contributed by atoms with Gasteiger partial charge in [0.25, 0.3) is 10.0 Å². The van der Waals surface area contributed by atoms with Gasteiger partial charge in [0.1, 0.15) is 18.3 Å². The van der Waals surface area contributed by atoms with Crippen molar-refractivity contribution in [3.05, 3.63) is 88.4 Å². The quantitative estimate of drug-likeness (QED) is 0.262. The fourth-order valence-electron chi connectivity index (χ4n) is 5.13. The number of amides is 2. The number of halogens is 2. The maximum Gasteiger partial charge on any atom is 0.264 e. The molecule has 224 valence electrons. The lowest BCUT2D eigenvalue weighted by molar-refractivity contribution is -0.140. The Labute approximate surface area is 257 Å². The van der Waals surface area contributed by atoms with E-state index in [2.05, 4.69) is 5.32 Å². The van der Waals surface area contributed by atoms with Gasteiger partial charge in [0.05, 0.1) is 27.7 Å². The van der Waals surface area contributed by atoms with Crippen LogP contribution in [0.1, 0.15) is 44.6 Å². The summed E-state index contributed by atoms with van der Waals surface area (Å²) in [5, 5.41) is 3.25. The van der Waals surface area contributed by atoms with E-state index in [9.17, 15) is 18.0 Å². The molecule has 42 heavy (non-hydrogen) atoms. The van der Waals surface area contributed by atoms with Crippen LogP contribution in [0.25, 0.3) is 0 Å². The Morgan fingerprint density at radius 2 is 1.64 bits per heavy atom. The van der Waals surface area contributed by atoms with Crippen molar-refractivity contribution in [2.45, 2.75) is 62.6 Å². The van der Waals surface area contributed by atoms with Crippen LogP contribution in [0.3, 0.4) is 0 Å². The molecule has 3 aromatic carbocycles. The van der Waals surface area contributed by atoms with Crippen molar-refractivity contribution >= 4 is 50.7 Å². The zero-order chi connectivity index (χ0) is 30.3. The number of hydrogen-bond acceptors (Lipinski definition) is 5. The van der Waals surface area contributed by atoms with Gasteiger partial charge in [0.2, 0.25) is 11.8 Å². The maximum absolute atomic E-state index is 14.2. The Morgan fingerprint density at radius 3 is 2.26 bits per heavy atom. The van der Waals surface area contributed by atoms with Gasteiger partial charge in [-0.1, -0.05) is 79.4 Å². The number of rotatable bonds is 12. The molecule has 1 unspecified atom stereocenters. The van der Waals surface area contributed by atoms with Crippen molar-refractivity contribution in [2.75, 3.05) is 18.0 Å². The number of methoxy groups -OCH3 is 1. The number of hydrogen-bond donors (Lipinski definition) is 1. The minimum atomic E-state index is -4.25. The average molecular weight is 633 g/mol. The van der Waals surface area contributed by atoms with E-state index in [1.807, 2.05) is 19.1 Å². The van der Waals surface area contributed by atoms with Crippen LogP contribution in [0.5, 0.6) is 5.75 Å². The molecule has 4 rings (SSSR count). The number of benzene rings is 3.